The second-order valence-corrected chi connectivity index (χ2v) is 29.4. The van der Waals surface area contributed by atoms with Crippen LogP contribution < -0.4 is 10.4 Å². The summed E-state index contributed by atoms with van der Waals surface area (Å²) < 4.78 is 7.52. The molecule has 0 radical (unpaired) electrons. The molecule has 7 aromatic carbocycles. The van der Waals surface area contributed by atoms with Gasteiger partial charge in [0.1, 0.15) is 0 Å². The van der Waals surface area contributed by atoms with Crippen LogP contribution in [-0.4, -0.2) is 29.8 Å². The third-order valence-corrected chi connectivity index (χ3v) is 16.4. The van der Waals surface area contributed by atoms with Crippen molar-refractivity contribution in [2.45, 2.75) is 65.5 Å². The molecule has 3 nitrogen and oxygen atoms in total. The molecule has 57 heavy (non-hydrogen) atoms. The Morgan fingerprint density at radius 1 is 0.333 bits per heavy atom. The van der Waals surface area contributed by atoms with Gasteiger partial charge in [0.05, 0.1) is 66.3 Å². The molecule has 0 fully saturated rings. The highest BCUT2D eigenvalue weighted by molar-refractivity contribution is 6.89. The van der Waals surface area contributed by atoms with Gasteiger partial charge in [0.15, 0.2) is 0 Å². The smallest absolute Gasteiger partial charge is 0.0776 e. The molecule has 0 atom stereocenters. The molecule has 3 heterocycles. The van der Waals surface area contributed by atoms with E-state index in [9.17, 15) is 0 Å². The lowest BCUT2D eigenvalue weighted by Crippen LogP contribution is -2.37. The third-order valence-electron chi connectivity index (χ3n) is 12.3. The molecule has 0 saturated carbocycles. The summed E-state index contributed by atoms with van der Waals surface area (Å²) in [5.41, 5.74) is 12.2. The van der Waals surface area contributed by atoms with Crippen molar-refractivity contribution in [2.24, 2.45) is 0 Å². The first kappa shape index (κ1) is 35.8. The number of benzene rings is 7. The van der Waals surface area contributed by atoms with Crippen LogP contribution in [0.15, 0.2) is 146 Å². The Bertz CT molecular complexity index is 2880. The summed E-state index contributed by atoms with van der Waals surface area (Å²) in [6.45, 7) is 21.6. The minimum absolute atomic E-state index is 0.0439. The van der Waals surface area contributed by atoms with Crippen LogP contribution in [0.2, 0.25) is 39.3 Å². The number of nitrogens with zero attached hydrogens (tertiary/aromatic N) is 3. The number of hydrogen-bond acceptors (Lipinski definition) is 0. The van der Waals surface area contributed by atoms with Crippen molar-refractivity contribution in [1.29, 1.82) is 0 Å². The lowest BCUT2D eigenvalue weighted by atomic mass is 9.86. The van der Waals surface area contributed by atoms with Gasteiger partial charge in [-0.1, -0.05) is 155 Å². The minimum Gasteiger partial charge on any atom is -0.309 e. The summed E-state index contributed by atoms with van der Waals surface area (Å²) in [4.78, 5) is 0. The van der Waals surface area contributed by atoms with E-state index in [-0.39, 0.29) is 5.41 Å². The predicted molar refractivity (Wildman–Crippen MR) is 254 cm³/mol. The van der Waals surface area contributed by atoms with Crippen molar-refractivity contribution < 1.29 is 0 Å². The maximum absolute atomic E-state index is 2.51. The highest BCUT2D eigenvalue weighted by Gasteiger charge is 2.24. The van der Waals surface area contributed by atoms with Gasteiger partial charge in [-0.2, -0.15) is 0 Å². The van der Waals surface area contributed by atoms with E-state index in [4.69, 9.17) is 0 Å². The Hall–Kier alpha value is -5.63. The molecule has 282 valence electrons. The Kier molecular flexibility index (Phi) is 7.80. The summed E-state index contributed by atoms with van der Waals surface area (Å²) in [6, 6.07) is 55.7. The number of fused-ring (bicyclic) bond motifs is 9. The van der Waals surface area contributed by atoms with Gasteiger partial charge in [-0.25, -0.2) is 0 Å². The van der Waals surface area contributed by atoms with E-state index in [2.05, 4.69) is 219 Å². The van der Waals surface area contributed by atoms with Crippen LogP contribution in [-0.2, 0) is 5.41 Å². The first-order valence-electron chi connectivity index (χ1n) is 20.4. The number of para-hydroxylation sites is 3. The van der Waals surface area contributed by atoms with Crippen LogP contribution in [0.4, 0.5) is 0 Å². The van der Waals surface area contributed by atoms with Crippen molar-refractivity contribution in [3.8, 4) is 17.1 Å². The van der Waals surface area contributed by atoms with Crippen LogP contribution in [0.1, 0.15) is 26.3 Å². The highest BCUT2D eigenvalue weighted by Crippen LogP contribution is 2.40. The first-order valence-corrected chi connectivity index (χ1v) is 27.4. The fraction of sp³-hybridized carbons (Fsp3) is 0.192. The van der Waals surface area contributed by atoms with Gasteiger partial charge in [0.2, 0.25) is 0 Å². The predicted octanol–water partition coefficient (Wildman–Crippen LogP) is 13.4. The fourth-order valence-corrected chi connectivity index (χ4v) is 11.4. The van der Waals surface area contributed by atoms with E-state index in [1.807, 2.05) is 0 Å². The maximum atomic E-state index is 2.51. The summed E-state index contributed by atoms with van der Waals surface area (Å²) in [5, 5.41) is 10.8. The topological polar surface area (TPSA) is 14.8 Å². The molecule has 0 bridgehead atoms. The maximum Gasteiger partial charge on any atom is 0.0776 e. The average molecular weight is 774 g/mol. The molecular formula is C52H51N3Si2. The number of aromatic nitrogens is 3. The Balaban J connectivity index is 1.34. The van der Waals surface area contributed by atoms with Gasteiger partial charge in [-0.15, -0.1) is 0 Å². The zero-order chi connectivity index (χ0) is 39.6. The van der Waals surface area contributed by atoms with E-state index < -0.39 is 16.1 Å². The summed E-state index contributed by atoms with van der Waals surface area (Å²) in [5.74, 6) is 0. The zero-order valence-corrected chi connectivity index (χ0v) is 36.7. The monoisotopic (exact) mass is 773 g/mol. The fourth-order valence-electron chi connectivity index (χ4n) is 9.12. The van der Waals surface area contributed by atoms with Crippen molar-refractivity contribution >= 4 is 91.9 Å². The SMILES string of the molecule is CC(C)(C)c1ccc2c(c1)c1ccccc1n2-c1cc(-n2c3ccccc3c3cc([Si](C)(C)C)ccc32)cc(-n2c3ccccc3c3cc([Si](C)(C)C)ccc32)c1. The largest absolute Gasteiger partial charge is 0.309 e. The van der Waals surface area contributed by atoms with Gasteiger partial charge >= 0.3 is 0 Å². The van der Waals surface area contributed by atoms with E-state index >= 15 is 0 Å². The van der Waals surface area contributed by atoms with Gasteiger partial charge in [-0.05, 0) is 71.6 Å². The first-order chi connectivity index (χ1) is 27.2. The van der Waals surface area contributed by atoms with Gasteiger partial charge in [0, 0.05) is 32.3 Å². The molecule has 10 aromatic rings. The van der Waals surface area contributed by atoms with E-state index in [1.54, 1.807) is 0 Å². The molecule has 0 spiro atoms. The van der Waals surface area contributed by atoms with Crippen molar-refractivity contribution in [3.05, 3.63) is 151 Å². The summed E-state index contributed by atoms with van der Waals surface area (Å²) >= 11 is 0. The molecule has 0 aliphatic heterocycles. The molecule has 0 aliphatic rings. The van der Waals surface area contributed by atoms with E-state index in [0.29, 0.717) is 0 Å². The Morgan fingerprint density at radius 3 is 1.00 bits per heavy atom. The van der Waals surface area contributed by atoms with Crippen molar-refractivity contribution in [3.63, 3.8) is 0 Å². The Morgan fingerprint density at radius 2 is 0.649 bits per heavy atom. The summed E-state index contributed by atoms with van der Waals surface area (Å²) in [7, 11) is -3.10. The minimum atomic E-state index is -1.55. The lowest BCUT2D eigenvalue weighted by molar-refractivity contribution is 0.591. The molecule has 0 saturated heterocycles. The molecule has 5 heteroatoms. The molecule has 3 aromatic heterocycles. The van der Waals surface area contributed by atoms with Gasteiger partial charge in [0.25, 0.3) is 0 Å². The molecule has 0 N–H and O–H groups in total. The average Bonchev–Trinajstić information content (AvgIpc) is 3.82. The number of hydrogen-bond donors (Lipinski definition) is 0. The summed E-state index contributed by atoms with van der Waals surface area (Å²) in [6.07, 6.45) is 0. The van der Waals surface area contributed by atoms with Crippen LogP contribution in [0.3, 0.4) is 0 Å². The normalized spacial score (nSPS) is 13.0. The standard InChI is InChI=1S/C52H51N3Si2/c1-52(2,3)34-22-25-49-43(28-34)40-16-10-13-19-46(40)53(49)35-29-36(54-47-20-14-11-17-41(47)44-32-38(56(4,5)6)23-26-50(44)54)31-37(30-35)55-48-21-15-12-18-42(48)45-33-39(57(7,8)9)24-27-51(45)55/h10-33H,1-9H3. The third kappa shape index (κ3) is 5.66. The zero-order valence-electron chi connectivity index (χ0n) is 34.7. The van der Waals surface area contributed by atoms with Gasteiger partial charge in [-0.3, -0.25) is 0 Å². The second-order valence-electron chi connectivity index (χ2n) is 19.2. The molecule has 0 aliphatic carbocycles. The molecule has 0 amide bonds. The van der Waals surface area contributed by atoms with Crippen LogP contribution in [0.5, 0.6) is 0 Å². The lowest BCUT2D eigenvalue weighted by Gasteiger charge is -2.20. The second kappa shape index (κ2) is 12.4. The number of rotatable bonds is 5. The molecule has 0 unspecified atom stereocenters. The molecule has 10 rings (SSSR count). The van der Waals surface area contributed by atoms with E-state index in [0.717, 1.165) is 17.1 Å². The van der Waals surface area contributed by atoms with Gasteiger partial charge < -0.3 is 13.7 Å². The molecular weight excluding hydrogens is 723 g/mol. The van der Waals surface area contributed by atoms with Crippen molar-refractivity contribution in [1.82, 2.24) is 13.7 Å². The van der Waals surface area contributed by atoms with Crippen molar-refractivity contribution in [2.75, 3.05) is 0 Å². The highest BCUT2D eigenvalue weighted by atomic mass is 28.3. The van der Waals surface area contributed by atoms with Crippen LogP contribution in [0.25, 0.3) is 82.5 Å². The Labute approximate surface area is 337 Å². The quantitative estimate of drug-likeness (QED) is 0.155. The van der Waals surface area contributed by atoms with Crippen LogP contribution >= 0.6 is 0 Å². The van der Waals surface area contributed by atoms with Crippen LogP contribution in [0, 0.1) is 0 Å². The van der Waals surface area contributed by atoms with E-state index in [1.165, 1.54) is 81.4 Å².